The summed E-state index contributed by atoms with van der Waals surface area (Å²) in [6.07, 6.45) is 1.10. The van der Waals surface area contributed by atoms with Crippen LogP contribution in [0.3, 0.4) is 0 Å². The summed E-state index contributed by atoms with van der Waals surface area (Å²) in [5.41, 5.74) is 5.20. The van der Waals surface area contributed by atoms with Gasteiger partial charge in [0.25, 0.3) is 0 Å². The number of hydrogen-bond donors (Lipinski definition) is 1. The van der Waals surface area contributed by atoms with Crippen LogP contribution in [0.1, 0.15) is 34.1 Å². The van der Waals surface area contributed by atoms with Crippen LogP contribution < -0.4 is 5.73 Å². The van der Waals surface area contributed by atoms with Gasteiger partial charge in [-0.25, -0.2) is 0 Å². The van der Waals surface area contributed by atoms with E-state index >= 15 is 0 Å². The number of nitrogens with two attached hydrogens (primary N) is 1. The number of likely N-dealkylation sites (tertiary alicyclic amines) is 1. The van der Waals surface area contributed by atoms with E-state index in [9.17, 15) is 4.79 Å². The maximum absolute atomic E-state index is 11.9. The van der Waals surface area contributed by atoms with Crippen molar-refractivity contribution in [2.45, 2.75) is 39.7 Å². The van der Waals surface area contributed by atoms with Crippen LogP contribution in [0, 0.1) is 5.41 Å². The largest absolute Gasteiger partial charge is 0.337 e. The summed E-state index contributed by atoms with van der Waals surface area (Å²) >= 11 is 0. The fourth-order valence-electron chi connectivity index (χ4n) is 1.50. The van der Waals surface area contributed by atoms with Gasteiger partial charge >= 0.3 is 0 Å². The lowest BCUT2D eigenvalue weighted by molar-refractivity contribution is -0.153. The van der Waals surface area contributed by atoms with Gasteiger partial charge in [-0.3, -0.25) is 4.79 Å². The topological polar surface area (TPSA) is 46.3 Å². The summed E-state index contributed by atoms with van der Waals surface area (Å²) in [6, 6.07) is 0. The van der Waals surface area contributed by atoms with Gasteiger partial charge in [0.05, 0.1) is 5.41 Å². The lowest BCUT2D eigenvalue weighted by Gasteiger charge is -2.51. The first-order chi connectivity index (χ1) is 5.81. The Balaban J connectivity index is 2.69. The van der Waals surface area contributed by atoms with Crippen LogP contribution in [-0.4, -0.2) is 29.4 Å². The smallest absolute Gasteiger partial charge is 0.229 e. The summed E-state index contributed by atoms with van der Waals surface area (Å²) in [4.78, 5) is 13.9. The van der Waals surface area contributed by atoms with Crippen molar-refractivity contribution >= 4 is 5.91 Å². The second-order valence-electron chi connectivity index (χ2n) is 5.11. The molecule has 0 aromatic carbocycles. The number of nitrogens with zero attached hydrogens (tertiary/aromatic N) is 1. The Bertz CT molecular complexity index is 221. The molecule has 1 saturated heterocycles. The van der Waals surface area contributed by atoms with Crippen molar-refractivity contribution < 1.29 is 4.79 Å². The zero-order valence-corrected chi connectivity index (χ0v) is 9.05. The van der Waals surface area contributed by atoms with Gasteiger partial charge in [-0.15, -0.1) is 0 Å². The molecule has 1 aliphatic heterocycles. The van der Waals surface area contributed by atoms with Crippen molar-refractivity contribution in [1.82, 2.24) is 4.90 Å². The fraction of sp³-hybridized carbons (Fsp3) is 0.900. The summed E-state index contributed by atoms with van der Waals surface area (Å²) in [5, 5.41) is 0. The minimum Gasteiger partial charge on any atom is -0.337 e. The molecule has 1 amide bonds. The van der Waals surface area contributed by atoms with E-state index in [2.05, 4.69) is 13.8 Å². The molecule has 0 radical (unpaired) electrons. The van der Waals surface area contributed by atoms with Crippen molar-refractivity contribution in [3.63, 3.8) is 0 Å². The quantitative estimate of drug-likeness (QED) is 0.695. The second kappa shape index (κ2) is 2.98. The molecular formula is C10H20N2O. The van der Waals surface area contributed by atoms with E-state index in [-0.39, 0.29) is 11.4 Å². The molecule has 0 atom stereocenters. The minimum atomic E-state index is -0.405. The Morgan fingerprint density at radius 3 is 2.31 bits per heavy atom. The molecule has 1 aliphatic rings. The molecule has 0 unspecified atom stereocenters. The molecule has 0 aromatic heterocycles. The van der Waals surface area contributed by atoms with Gasteiger partial charge in [0.2, 0.25) is 5.91 Å². The zero-order valence-electron chi connectivity index (χ0n) is 9.05. The number of amides is 1. The first kappa shape index (κ1) is 10.5. The highest BCUT2D eigenvalue weighted by atomic mass is 16.2. The first-order valence-electron chi connectivity index (χ1n) is 4.83. The van der Waals surface area contributed by atoms with Crippen LogP contribution in [-0.2, 0) is 4.79 Å². The van der Waals surface area contributed by atoms with Crippen molar-refractivity contribution in [2.24, 2.45) is 11.1 Å². The average molecular weight is 184 g/mol. The van der Waals surface area contributed by atoms with E-state index in [1.54, 1.807) is 0 Å². The van der Waals surface area contributed by atoms with Crippen LogP contribution >= 0.6 is 0 Å². The second-order valence-corrected chi connectivity index (χ2v) is 5.11. The summed E-state index contributed by atoms with van der Waals surface area (Å²) in [6.45, 7) is 9.31. The van der Waals surface area contributed by atoms with Gasteiger partial charge in [0, 0.05) is 18.6 Å². The van der Waals surface area contributed by atoms with E-state index in [1.807, 2.05) is 18.7 Å². The van der Waals surface area contributed by atoms with Crippen molar-refractivity contribution in [1.29, 1.82) is 0 Å². The van der Waals surface area contributed by atoms with E-state index in [0.29, 0.717) is 6.54 Å². The van der Waals surface area contributed by atoms with Gasteiger partial charge in [-0.1, -0.05) is 0 Å². The minimum absolute atomic E-state index is 0.0452. The third kappa shape index (κ3) is 1.70. The average Bonchev–Trinajstić information content (AvgIpc) is 2.02. The monoisotopic (exact) mass is 184 g/mol. The van der Waals surface area contributed by atoms with Gasteiger partial charge < -0.3 is 10.6 Å². The first-order valence-corrected chi connectivity index (χ1v) is 4.83. The highest BCUT2D eigenvalue weighted by Crippen LogP contribution is 2.33. The lowest BCUT2D eigenvalue weighted by atomic mass is 9.83. The van der Waals surface area contributed by atoms with Gasteiger partial charge in [-0.05, 0) is 34.1 Å². The fourth-order valence-corrected chi connectivity index (χ4v) is 1.50. The molecule has 2 N–H and O–H groups in total. The van der Waals surface area contributed by atoms with Crippen LogP contribution in [0.5, 0.6) is 0 Å². The Morgan fingerprint density at radius 2 is 2.08 bits per heavy atom. The molecule has 1 fully saturated rings. The Hall–Kier alpha value is -0.570. The molecule has 1 rings (SSSR count). The maximum atomic E-state index is 11.9. The van der Waals surface area contributed by atoms with E-state index in [0.717, 1.165) is 13.0 Å². The molecule has 0 spiro atoms. The Morgan fingerprint density at radius 1 is 1.54 bits per heavy atom. The highest BCUT2D eigenvalue weighted by Gasteiger charge is 2.43. The van der Waals surface area contributed by atoms with Crippen LogP contribution in [0.2, 0.25) is 0 Å². The van der Waals surface area contributed by atoms with Gasteiger partial charge in [0.15, 0.2) is 0 Å². The third-order valence-corrected chi connectivity index (χ3v) is 3.01. The summed E-state index contributed by atoms with van der Waals surface area (Å²) in [7, 11) is 0. The third-order valence-electron chi connectivity index (χ3n) is 3.01. The van der Waals surface area contributed by atoms with E-state index in [1.165, 1.54) is 0 Å². The summed E-state index contributed by atoms with van der Waals surface area (Å²) < 4.78 is 0. The maximum Gasteiger partial charge on any atom is 0.229 e. The Kier molecular flexibility index (Phi) is 2.41. The van der Waals surface area contributed by atoms with Crippen molar-refractivity contribution in [2.75, 3.05) is 13.1 Å². The normalized spacial score (nSPS) is 21.2. The van der Waals surface area contributed by atoms with Gasteiger partial charge in [0.1, 0.15) is 0 Å². The number of rotatable bonds is 2. The standard InChI is InChI=1S/C10H20N2O/c1-9(2,7-11)8(13)12-6-5-10(12,3)4/h5-7,11H2,1-4H3. The Labute approximate surface area is 80.3 Å². The SMILES string of the molecule is CC(C)(CN)C(=O)N1CCC1(C)C. The number of carbonyl (C=O) groups excluding carboxylic acids is 1. The van der Waals surface area contributed by atoms with Crippen molar-refractivity contribution in [3.05, 3.63) is 0 Å². The molecule has 0 aromatic rings. The predicted octanol–water partition coefficient (Wildman–Crippen LogP) is 0.982. The number of carbonyl (C=O) groups is 1. The molecule has 3 heteroatoms. The zero-order chi connectivity index (χ0) is 10.3. The predicted molar refractivity (Wildman–Crippen MR) is 53.2 cm³/mol. The van der Waals surface area contributed by atoms with Crippen LogP contribution in [0.15, 0.2) is 0 Å². The molecular weight excluding hydrogens is 164 g/mol. The highest BCUT2D eigenvalue weighted by molar-refractivity contribution is 5.83. The van der Waals surface area contributed by atoms with Crippen LogP contribution in [0.4, 0.5) is 0 Å². The molecule has 76 valence electrons. The van der Waals surface area contributed by atoms with Crippen molar-refractivity contribution in [3.8, 4) is 0 Å². The molecule has 0 saturated carbocycles. The van der Waals surface area contributed by atoms with E-state index in [4.69, 9.17) is 5.73 Å². The van der Waals surface area contributed by atoms with Gasteiger partial charge in [-0.2, -0.15) is 0 Å². The molecule has 0 bridgehead atoms. The lowest BCUT2D eigenvalue weighted by Crippen LogP contribution is -2.62. The van der Waals surface area contributed by atoms with Crippen LogP contribution in [0.25, 0.3) is 0 Å². The van der Waals surface area contributed by atoms with E-state index < -0.39 is 5.41 Å². The molecule has 3 nitrogen and oxygen atoms in total. The molecule has 13 heavy (non-hydrogen) atoms. The molecule has 1 heterocycles. The molecule has 0 aliphatic carbocycles. The number of hydrogen-bond acceptors (Lipinski definition) is 2. The summed E-state index contributed by atoms with van der Waals surface area (Å²) in [5.74, 6) is 0.186.